The van der Waals surface area contributed by atoms with Crippen molar-refractivity contribution >= 4 is 38.5 Å². The van der Waals surface area contributed by atoms with Crippen molar-refractivity contribution in [1.29, 1.82) is 0 Å². The van der Waals surface area contributed by atoms with Crippen LogP contribution in [0.4, 0.5) is 13.2 Å². The van der Waals surface area contributed by atoms with E-state index in [1.807, 2.05) is 22.6 Å². The van der Waals surface area contributed by atoms with Gasteiger partial charge < -0.3 is 4.74 Å². The molecule has 78 valence electrons. The van der Waals surface area contributed by atoms with Gasteiger partial charge in [-0.3, -0.25) is 0 Å². The second-order valence-electron chi connectivity index (χ2n) is 2.39. The summed E-state index contributed by atoms with van der Waals surface area (Å²) in [6.45, 7) is 1.45. The topological polar surface area (TPSA) is 22.1 Å². The molecule has 0 aromatic carbocycles. The van der Waals surface area contributed by atoms with Crippen LogP contribution in [0.2, 0.25) is 0 Å². The third-order valence-electron chi connectivity index (χ3n) is 1.28. The first-order valence-corrected chi connectivity index (χ1v) is 5.25. The standard InChI is InChI=1S/C7H4BrF3INO/c1-3-6(14-7(9,10)11)4(8)2-5(12)13-3/h2H,1H3. The molecular formula is C7H4BrF3INO. The minimum absolute atomic E-state index is 0.195. The minimum atomic E-state index is -4.69. The summed E-state index contributed by atoms with van der Waals surface area (Å²) in [7, 11) is 0. The molecule has 0 atom stereocenters. The van der Waals surface area contributed by atoms with E-state index >= 15 is 0 Å². The fourth-order valence-corrected chi connectivity index (χ4v) is 2.51. The SMILES string of the molecule is Cc1nc(I)cc(Br)c1OC(F)(F)F. The molecule has 0 N–H and O–H groups in total. The van der Waals surface area contributed by atoms with E-state index in [2.05, 4.69) is 25.7 Å². The highest BCUT2D eigenvalue weighted by molar-refractivity contribution is 14.1. The Morgan fingerprint density at radius 1 is 1.50 bits per heavy atom. The predicted molar refractivity (Wildman–Crippen MR) is 56.1 cm³/mol. The Kier molecular flexibility index (Phi) is 3.62. The Hall–Kier alpha value is -0.0500. The number of nitrogens with zero attached hydrogens (tertiary/aromatic N) is 1. The molecule has 0 radical (unpaired) electrons. The van der Waals surface area contributed by atoms with E-state index in [0.29, 0.717) is 3.70 Å². The Morgan fingerprint density at radius 2 is 2.07 bits per heavy atom. The number of pyridine rings is 1. The molecule has 1 rings (SSSR count). The van der Waals surface area contributed by atoms with Gasteiger partial charge in [-0.2, -0.15) is 0 Å². The second kappa shape index (κ2) is 4.21. The van der Waals surface area contributed by atoms with Crippen LogP contribution in [-0.2, 0) is 0 Å². The van der Waals surface area contributed by atoms with Crippen LogP contribution in [0.5, 0.6) is 5.75 Å². The summed E-state index contributed by atoms with van der Waals surface area (Å²) in [5.74, 6) is -0.294. The number of halogens is 5. The van der Waals surface area contributed by atoms with Crippen LogP contribution in [0, 0.1) is 10.6 Å². The smallest absolute Gasteiger partial charge is 0.403 e. The molecule has 0 aliphatic rings. The average Bonchev–Trinajstić information content (AvgIpc) is 1.95. The quantitative estimate of drug-likeness (QED) is 0.547. The van der Waals surface area contributed by atoms with E-state index in [-0.39, 0.29) is 15.9 Å². The molecule has 1 aromatic heterocycles. The zero-order valence-corrected chi connectivity index (χ0v) is 10.6. The van der Waals surface area contributed by atoms with E-state index < -0.39 is 6.36 Å². The number of hydrogen-bond donors (Lipinski definition) is 0. The van der Waals surface area contributed by atoms with Gasteiger partial charge in [-0.05, 0) is 51.5 Å². The molecular weight excluding hydrogens is 378 g/mol. The number of aryl methyl sites for hydroxylation is 1. The molecule has 1 heterocycles. The van der Waals surface area contributed by atoms with Crippen LogP contribution >= 0.6 is 38.5 Å². The van der Waals surface area contributed by atoms with Gasteiger partial charge in [-0.1, -0.05) is 0 Å². The summed E-state index contributed by atoms with van der Waals surface area (Å²) >= 11 is 4.89. The van der Waals surface area contributed by atoms with E-state index in [0.717, 1.165) is 0 Å². The molecule has 1 aromatic rings. The Balaban J connectivity index is 3.09. The summed E-state index contributed by atoms with van der Waals surface area (Å²) in [5.41, 5.74) is 0.195. The summed E-state index contributed by atoms with van der Waals surface area (Å²) < 4.78 is 40.4. The first-order chi connectivity index (χ1) is 6.29. The Bertz CT molecular complexity index is 332. The third kappa shape index (κ3) is 3.26. The van der Waals surface area contributed by atoms with Crippen LogP contribution < -0.4 is 4.74 Å². The van der Waals surface area contributed by atoms with Gasteiger partial charge in [-0.25, -0.2) is 4.98 Å². The maximum absolute atomic E-state index is 11.9. The first-order valence-electron chi connectivity index (χ1n) is 3.38. The zero-order chi connectivity index (χ0) is 10.9. The zero-order valence-electron chi connectivity index (χ0n) is 6.82. The predicted octanol–water partition coefficient (Wildman–Crippen LogP) is 3.66. The van der Waals surface area contributed by atoms with E-state index in [4.69, 9.17) is 0 Å². The second-order valence-corrected chi connectivity index (χ2v) is 4.35. The average molecular weight is 382 g/mol. The van der Waals surface area contributed by atoms with Gasteiger partial charge in [-0.15, -0.1) is 13.2 Å². The fraction of sp³-hybridized carbons (Fsp3) is 0.286. The van der Waals surface area contributed by atoms with E-state index in [1.165, 1.54) is 13.0 Å². The van der Waals surface area contributed by atoms with Gasteiger partial charge in [0.1, 0.15) is 3.70 Å². The lowest BCUT2D eigenvalue weighted by atomic mass is 10.3. The number of rotatable bonds is 1. The number of aromatic nitrogens is 1. The van der Waals surface area contributed by atoms with E-state index in [1.54, 1.807) is 0 Å². The largest absolute Gasteiger partial charge is 0.573 e. The highest BCUT2D eigenvalue weighted by Gasteiger charge is 2.33. The molecule has 0 aliphatic carbocycles. The first kappa shape index (κ1) is 12.0. The van der Waals surface area contributed by atoms with Crippen molar-refractivity contribution < 1.29 is 17.9 Å². The van der Waals surface area contributed by atoms with Crippen LogP contribution in [-0.4, -0.2) is 11.3 Å². The molecule has 2 nitrogen and oxygen atoms in total. The number of ether oxygens (including phenoxy) is 1. The molecule has 0 saturated heterocycles. The van der Waals surface area contributed by atoms with E-state index in [9.17, 15) is 13.2 Å². The molecule has 0 fully saturated rings. The lowest BCUT2D eigenvalue weighted by Crippen LogP contribution is -2.18. The Morgan fingerprint density at radius 3 is 2.50 bits per heavy atom. The molecule has 0 spiro atoms. The molecule has 14 heavy (non-hydrogen) atoms. The van der Waals surface area contributed by atoms with Crippen molar-refractivity contribution in [3.05, 3.63) is 19.9 Å². The van der Waals surface area contributed by atoms with Crippen molar-refractivity contribution in [3.8, 4) is 5.75 Å². The minimum Gasteiger partial charge on any atom is -0.403 e. The molecule has 0 aliphatic heterocycles. The summed E-state index contributed by atoms with van der Waals surface area (Å²) in [6, 6.07) is 1.45. The molecule has 0 unspecified atom stereocenters. The number of hydrogen-bond acceptors (Lipinski definition) is 2. The van der Waals surface area contributed by atoms with Gasteiger partial charge in [0.25, 0.3) is 0 Å². The highest BCUT2D eigenvalue weighted by atomic mass is 127. The third-order valence-corrected chi connectivity index (χ3v) is 2.43. The maximum Gasteiger partial charge on any atom is 0.573 e. The van der Waals surface area contributed by atoms with Crippen LogP contribution in [0.3, 0.4) is 0 Å². The van der Waals surface area contributed by atoms with Crippen LogP contribution in [0.25, 0.3) is 0 Å². The van der Waals surface area contributed by atoms with Crippen molar-refractivity contribution in [3.63, 3.8) is 0 Å². The van der Waals surface area contributed by atoms with Gasteiger partial charge in [0.15, 0.2) is 5.75 Å². The Labute approximate surface area is 100 Å². The van der Waals surface area contributed by atoms with Gasteiger partial charge in [0.05, 0.1) is 10.2 Å². The van der Waals surface area contributed by atoms with Crippen molar-refractivity contribution in [2.24, 2.45) is 0 Å². The number of alkyl halides is 3. The van der Waals surface area contributed by atoms with Gasteiger partial charge >= 0.3 is 6.36 Å². The van der Waals surface area contributed by atoms with Crippen molar-refractivity contribution in [2.45, 2.75) is 13.3 Å². The molecule has 0 saturated carbocycles. The normalized spacial score (nSPS) is 11.6. The molecule has 0 amide bonds. The molecule has 7 heteroatoms. The highest BCUT2D eigenvalue weighted by Crippen LogP contribution is 2.33. The summed E-state index contributed by atoms with van der Waals surface area (Å²) in [5, 5.41) is 0. The summed E-state index contributed by atoms with van der Waals surface area (Å²) in [4.78, 5) is 3.85. The lowest BCUT2D eigenvalue weighted by molar-refractivity contribution is -0.275. The van der Waals surface area contributed by atoms with Crippen LogP contribution in [0.15, 0.2) is 10.5 Å². The van der Waals surface area contributed by atoms with Gasteiger partial charge in [0.2, 0.25) is 0 Å². The van der Waals surface area contributed by atoms with Crippen LogP contribution in [0.1, 0.15) is 5.69 Å². The molecule has 0 bridgehead atoms. The van der Waals surface area contributed by atoms with Crippen molar-refractivity contribution in [2.75, 3.05) is 0 Å². The fourth-order valence-electron chi connectivity index (χ4n) is 0.825. The monoisotopic (exact) mass is 381 g/mol. The van der Waals surface area contributed by atoms with Crippen molar-refractivity contribution in [1.82, 2.24) is 4.98 Å². The maximum atomic E-state index is 11.9. The summed E-state index contributed by atoms with van der Waals surface area (Å²) in [6.07, 6.45) is -4.69. The van der Waals surface area contributed by atoms with Gasteiger partial charge in [0, 0.05) is 0 Å². The lowest BCUT2D eigenvalue weighted by Gasteiger charge is -2.12.